The molecule has 0 saturated carbocycles. The van der Waals surface area contributed by atoms with Crippen LogP contribution in [0.3, 0.4) is 0 Å². The first-order chi connectivity index (χ1) is 27.5. The lowest BCUT2D eigenvalue weighted by molar-refractivity contribution is -0.158. The zero-order valence-corrected chi connectivity index (χ0v) is 32.9. The van der Waals surface area contributed by atoms with Gasteiger partial charge in [0.05, 0.1) is 37.1 Å². The molecule has 4 aromatic rings. The number of phenolic OH excluding ortho intramolecular Hbond substituents is 1. The summed E-state index contributed by atoms with van der Waals surface area (Å²) in [6.07, 6.45) is 0.913. The number of benzene rings is 3. The zero-order valence-electron chi connectivity index (χ0n) is 32.1. The summed E-state index contributed by atoms with van der Waals surface area (Å²) in [6.45, 7) is 4.56. The minimum Gasteiger partial charge on any atom is -0.504 e. The third-order valence-electron chi connectivity index (χ3n) is 13.0. The zero-order chi connectivity index (χ0) is 39.7. The first kappa shape index (κ1) is 36.4. The van der Waals surface area contributed by atoms with E-state index in [1.165, 1.54) is 25.8 Å². The minimum absolute atomic E-state index is 0.0352. The lowest BCUT2D eigenvalue weighted by atomic mass is 9.71. The van der Waals surface area contributed by atoms with Gasteiger partial charge < -0.3 is 38.3 Å². The molecule has 0 aliphatic carbocycles. The molecule has 296 valence electrons. The summed E-state index contributed by atoms with van der Waals surface area (Å²) in [7, 11) is 3.52. The molecule has 57 heavy (non-hydrogen) atoms. The predicted molar refractivity (Wildman–Crippen MR) is 206 cm³/mol. The SMILES string of the molecule is COc1c(C)cc2c(c1O)[C@@H]1[C@@H]3[C@@H]4SC[C@]5(N[C@H](CO)Cc6c5oc5ccccc65)C(=O)OC[C@@H](c5c6c(c(C)c(OC(C)=O)c54)OCO6)N3[C@@H](C#N)[C@H](C2)N1C. The molecule has 4 bridgehead atoms. The van der Waals surface area contributed by atoms with Crippen LogP contribution in [-0.2, 0) is 32.7 Å². The van der Waals surface area contributed by atoms with E-state index in [0.717, 1.165) is 22.1 Å². The van der Waals surface area contributed by atoms with E-state index in [9.17, 15) is 25.1 Å². The molecule has 1 spiro atoms. The molecule has 0 amide bonds. The van der Waals surface area contributed by atoms with Crippen LogP contribution in [0.2, 0.25) is 0 Å². The van der Waals surface area contributed by atoms with Gasteiger partial charge in [-0.05, 0) is 50.9 Å². The molecule has 0 radical (unpaired) electrons. The number of likely N-dealkylation sites (N-methyl/N-ethyl adjacent to an activating group) is 1. The molecule has 11 rings (SSSR count). The molecule has 14 nitrogen and oxygen atoms in total. The number of aliphatic hydroxyl groups is 1. The van der Waals surface area contributed by atoms with Crippen molar-refractivity contribution < 1.29 is 47.9 Å². The van der Waals surface area contributed by atoms with Crippen molar-refractivity contribution in [3.05, 3.63) is 75.0 Å². The summed E-state index contributed by atoms with van der Waals surface area (Å²) in [5, 5.41) is 37.6. The van der Waals surface area contributed by atoms with Crippen LogP contribution < -0.4 is 24.3 Å². The maximum atomic E-state index is 15.0. The maximum Gasteiger partial charge on any atom is 0.335 e. The predicted octanol–water partition coefficient (Wildman–Crippen LogP) is 4.38. The van der Waals surface area contributed by atoms with Gasteiger partial charge in [-0.25, -0.2) is 4.79 Å². The molecule has 15 heteroatoms. The van der Waals surface area contributed by atoms with Gasteiger partial charge in [0.15, 0.2) is 28.5 Å². The number of esters is 2. The van der Waals surface area contributed by atoms with Crippen molar-refractivity contribution in [1.29, 1.82) is 5.26 Å². The smallest absolute Gasteiger partial charge is 0.335 e. The Morgan fingerprint density at radius 2 is 1.91 bits per heavy atom. The number of furan rings is 1. The monoisotopic (exact) mass is 794 g/mol. The number of piperazine rings is 1. The number of nitrogens with zero attached hydrogens (tertiary/aromatic N) is 3. The van der Waals surface area contributed by atoms with Gasteiger partial charge in [0.1, 0.15) is 29.7 Å². The Labute approximate surface area is 332 Å². The summed E-state index contributed by atoms with van der Waals surface area (Å²) < 4.78 is 37.3. The van der Waals surface area contributed by atoms with Crippen molar-refractivity contribution in [2.24, 2.45) is 0 Å². The average Bonchev–Trinajstić information content (AvgIpc) is 3.84. The van der Waals surface area contributed by atoms with Crippen molar-refractivity contribution >= 4 is 34.7 Å². The summed E-state index contributed by atoms with van der Waals surface area (Å²) in [5.41, 5.74) is 4.19. The Balaban J connectivity index is 1.26. The normalized spacial score (nSPS) is 29.8. The molecule has 8 atom stereocenters. The van der Waals surface area contributed by atoms with Crippen molar-refractivity contribution in [3.63, 3.8) is 0 Å². The molecular formula is C42H42N4O10S. The van der Waals surface area contributed by atoms with Crippen LogP contribution in [0.4, 0.5) is 0 Å². The number of phenols is 1. The molecule has 3 aromatic carbocycles. The standard InChI is InChI=1S/C42H42N4O10S/c1-18-10-21-11-25-26(13-43)46-27-15-52-41(50)42(40-24(12-22(14-47)44-42)23-8-6-7-9-28(23)56-40)16-57-39(33(46)32(45(25)4)29(21)34(49)35(18)51-5)31-30(27)38-37(53-17-54-38)19(2)36(31)55-20(3)48/h6-10,22,25-27,32-33,39,44,47,49H,11-12,14-17H2,1-5H3/t22-,25-,26-,27-,32+,33+,39+,42+/m0/s1. The third-order valence-corrected chi connectivity index (χ3v) is 14.4. The quantitative estimate of drug-likeness (QED) is 0.197. The summed E-state index contributed by atoms with van der Waals surface area (Å²) in [5.74, 6) is 0.996. The Morgan fingerprint density at radius 3 is 2.67 bits per heavy atom. The lowest BCUT2D eigenvalue weighted by Crippen LogP contribution is -2.69. The van der Waals surface area contributed by atoms with Crippen molar-refractivity contribution in [3.8, 4) is 34.8 Å². The Hall–Kier alpha value is -4.98. The number of thioether (sulfide) groups is 1. The number of hydrogen-bond acceptors (Lipinski definition) is 15. The van der Waals surface area contributed by atoms with E-state index in [1.807, 2.05) is 51.2 Å². The van der Waals surface area contributed by atoms with Gasteiger partial charge in [0.2, 0.25) is 6.79 Å². The maximum absolute atomic E-state index is 15.0. The van der Waals surface area contributed by atoms with Gasteiger partial charge in [-0.3, -0.25) is 19.9 Å². The van der Waals surface area contributed by atoms with Crippen LogP contribution in [0.25, 0.3) is 11.0 Å². The molecule has 7 aliphatic rings. The fourth-order valence-electron chi connectivity index (χ4n) is 10.7. The Kier molecular flexibility index (Phi) is 8.31. The number of carbonyl (C=O) groups is 2. The van der Waals surface area contributed by atoms with Gasteiger partial charge in [-0.15, -0.1) is 11.8 Å². The highest BCUT2D eigenvalue weighted by atomic mass is 32.2. The first-order valence-corrected chi connectivity index (χ1v) is 20.2. The van der Waals surface area contributed by atoms with Crippen molar-refractivity contribution in [1.82, 2.24) is 15.1 Å². The molecule has 8 heterocycles. The summed E-state index contributed by atoms with van der Waals surface area (Å²) >= 11 is 1.45. The van der Waals surface area contributed by atoms with E-state index in [-0.39, 0.29) is 37.6 Å². The third kappa shape index (κ3) is 4.91. The van der Waals surface area contributed by atoms with Crippen LogP contribution in [0.5, 0.6) is 28.7 Å². The highest BCUT2D eigenvalue weighted by Crippen LogP contribution is 2.64. The van der Waals surface area contributed by atoms with E-state index >= 15 is 0 Å². The van der Waals surface area contributed by atoms with Gasteiger partial charge in [-0.2, -0.15) is 5.26 Å². The second-order valence-corrected chi connectivity index (χ2v) is 17.0. The molecule has 2 fully saturated rings. The van der Waals surface area contributed by atoms with Crippen LogP contribution in [0, 0.1) is 25.2 Å². The van der Waals surface area contributed by atoms with Crippen molar-refractivity contribution in [2.75, 3.05) is 39.9 Å². The number of ether oxygens (including phenoxy) is 5. The fourth-order valence-corrected chi connectivity index (χ4v) is 12.4. The van der Waals surface area contributed by atoms with E-state index in [4.69, 9.17) is 28.1 Å². The van der Waals surface area contributed by atoms with Crippen LogP contribution in [0.1, 0.15) is 69.0 Å². The van der Waals surface area contributed by atoms with E-state index in [0.29, 0.717) is 69.4 Å². The van der Waals surface area contributed by atoms with Crippen LogP contribution in [-0.4, -0.2) is 96.0 Å². The topological polar surface area (TPSA) is 176 Å². The number of carbonyl (C=O) groups excluding carboxylic acids is 2. The largest absolute Gasteiger partial charge is 0.504 e. The molecule has 0 unspecified atom stereocenters. The highest BCUT2D eigenvalue weighted by Gasteiger charge is 2.62. The Bertz CT molecular complexity index is 2450. The van der Waals surface area contributed by atoms with Crippen LogP contribution in [0.15, 0.2) is 34.7 Å². The number of rotatable bonds is 3. The van der Waals surface area contributed by atoms with Gasteiger partial charge in [-0.1, -0.05) is 24.3 Å². The number of aromatic hydroxyl groups is 1. The van der Waals surface area contributed by atoms with Gasteiger partial charge in [0.25, 0.3) is 0 Å². The molecule has 1 aromatic heterocycles. The molecule has 2 saturated heterocycles. The number of para-hydroxylation sites is 1. The number of nitriles is 1. The molecular weight excluding hydrogens is 753 g/mol. The molecule has 3 N–H and O–H groups in total. The number of methoxy groups -OCH3 is 1. The minimum atomic E-state index is -1.54. The number of fused-ring (bicyclic) bond motifs is 11. The van der Waals surface area contributed by atoms with E-state index < -0.39 is 52.9 Å². The number of aliphatic hydroxyl groups excluding tert-OH is 1. The molecule has 7 aliphatic heterocycles. The van der Waals surface area contributed by atoms with Gasteiger partial charge in [0, 0.05) is 64.0 Å². The number of hydrogen-bond donors (Lipinski definition) is 3. The Morgan fingerprint density at radius 1 is 1.12 bits per heavy atom. The summed E-state index contributed by atoms with van der Waals surface area (Å²) in [6, 6.07) is 8.95. The van der Waals surface area contributed by atoms with E-state index in [1.54, 1.807) is 0 Å². The number of aryl methyl sites for hydroxylation is 1. The average molecular weight is 795 g/mol. The van der Waals surface area contributed by atoms with Crippen LogP contribution >= 0.6 is 11.8 Å². The van der Waals surface area contributed by atoms with Crippen molar-refractivity contribution in [2.45, 2.75) is 80.7 Å². The fraction of sp³-hybridized carbons (Fsp3) is 0.452. The first-order valence-electron chi connectivity index (χ1n) is 19.1. The highest BCUT2D eigenvalue weighted by molar-refractivity contribution is 7.99. The second-order valence-electron chi connectivity index (χ2n) is 15.9. The second kappa shape index (κ2) is 13.0. The number of nitrogens with one attached hydrogen (secondary N) is 1. The van der Waals surface area contributed by atoms with E-state index in [2.05, 4.69) is 21.2 Å². The van der Waals surface area contributed by atoms with Gasteiger partial charge >= 0.3 is 11.9 Å². The lowest BCUT2D eigenvalue weighted by Gasteiger charge is -2.62. The summed E-state index contributed by atoms with van der Waals surface area (Å²) in [4.78, 5) is 32.3.